The standard InChI is InChI=1S/C27H29NO4/c1-4-5-9-26(29)28(24-14-16-25(31-2)17-15-24)19-20-10-12-21(13-11-20)22-7-6-8-23(18-22)27(30)32-3/h6-8,10-18H,4-5,9,19H2,1-3H3. The molecule has 5 nitrogen and oxygen atoms in total. The monoisotopic (exact) mass is 431 g/mol. The third kappa shape index (κ3) is 5.76. The van der Waals surface area contributed by atoms with Gasteiger partial charge in [-0.05, 0) is 59.5 Å². The summed E-state index contributed by atoms with van der Waals surface area (Å²) in [6.45, 7) is 2.57. The lowest BCUT2D eigenvalue weighted by Crippen LogP contribution is -2.30. The van der Waals surface area contributed by atoms with E-state index in [0.29, 0.717) is 18.5 Å². The number of methoxy groups -OCH3 is 2. The number of hydrogen-bond acceptors (Lipinski definition) is 4. The van der Waals surface area contributed by atoms with Gasteiger partial charge in [0.2, 0.25) is 5.91 Å². The Balaban J connectivity index is 1.82. The second-order valence-electron chi connectivity index (χ2n) is 7.55. The Bertz CT molecular complexity index is 1040. The summed E-state index contributed by atoms with van der Waals surface area (Å²) in [7, 11) is 3.00. The number of benzene rings is 3. The molecule has 0 atom stereocenters. The highest BCUT2D eigenvalue weighted by atomic mass is 16.5. The predicted molar refractivity (Wildman–Crippen MR) is 127 cm³/mol. The van der Waals surface area contributed by atoms with Crippen LogP contribution in [0.5, 0.6) is 5.75 Å². The van der Waals surface area contributed by atoms with E-state index in [1.807, 2.05) is 71.6 Å². The predicted octanol–water partition coefficient (Wildman–Crippen LogP) is 5.87. The molecule has 5 heteroatoms. The van der Waals surface area contributed by atoms with Crippen LogP contribution >= 0.6 is 0 Å². The molecule has 0 bridgehead atoms. The first-order valence-electron chi connectivity index (χ1n) is 10.8. The van der Waals surface area contributed by atoms with Crippen LogP contribution in [0.25, 0.3) is 11.1 Å². The van der Waals surface area contributed by atoms with Crippen LogP contribution in [-0.2, 0) is 16.1 Å². The van der Waals surface area contributed by atoms with Crippen molar-refractivity contribution in [1.82, 2.24) is 0 Å². The molecule has 3 rings (SSSR count). The number of amides is 1. The zero-order chi connectivity index (χ0) is 22.9. The van der Waals surface area contributed by atoms with E-state index in [1.165, 1.54) is 7.11 Å². The average Bonchev–Trinajstić information content (AvgIpc) is 2.85. The minimum atomic E-state index is -0.357. The van der Waals surface area contributed by atoms with Gasteiger partial charge in [0.1, 0.15) is 5.75 Å². The van der Waals surface area contributed by atoms with Crippen LogP contribution in [0.1, 0.15) is 42.1 Å². The second kappa shape index (κ2) is 11.1. The van der Waals surface area contributed by atoms with Crippen LogP contribution in [0.15, 0.2) is 72.8 Å². The van der Waals surface area contributed by atoms with Crippen molar-refractivity contribution in [1.29, 1.82) is 0 Å². The number of ether oxygens (including phenoxy) is 2. The van der Waals surface area contributed by atoms with Gasteiger partial charge in [-0.2, -0.15) is 0 Å². The highest BCUT2D eigenvalue weighted by molar-refractivity contribution is 5.93. The van der Waals surface area contributed by atoms with Crippen LogP contribution in [0.3, 0.4) is 0 Å². The summed E-state index contributed by atoms with van der Waals surface area (Å²) in [5, 5.41) is 0. The van der Waals surface area contributed by atoms with Crippen LogP contribution < -0.4 is 9.64 Å². The molecule has 0 aliphatic carbocycles. The smallest absolute Gasteiger partial charge is 0.337 e. The van der Waals surface area contributed by atoms with Crippen molar-refractivity contribution in [2.45, 2.75) is 32.7 Å². The van der Waals surface area contributed by atoms with Gasteiger partial charge in [0, 0.05) is 12.1 Å². The number of nitrogens with zero attached hydrogens (tertiary/aromatic N) is 1. The van der Waals surface area contributed by atoms with Crippen molar-refractivity contribution in [3.05, 3.63) is 83.9 Å². The molecule has 3 aromatic carbocycles. The van der Waals surface area contributed by atoms with Gasteiger partial charge in [0.25, 0.3) is 0 Å². The third-order valence-corrected chi connectivity index (χ3v) is 5.34. The van der Waals surface area contributed by atoms with Crippen molar-refractivity contribution in [2.24, 2.45) is 0 Å². The number of anilines is 1. The lowest BCUT2D eigenvalue weighted by molar-refractivity contribution is -0.118. The topological polar surface area (TPSA) is 55.8 Å². The Kier molecular flexibility index (Phi) is 8.03. The molecule has 0 aliphatic rings. The number of unbranched alkanes of at least 4 members (excludes halogenated alkanes) is 1. The zero-order valence-corrected chi connectivity index (χ0v) is 18.8. The maximum Gasteiger partial charge on any atom is 0.337 e. The molecule has 3 aromatic rings. The van der Waals surface area contributed by atoms with E-state index in [0.717, 1.165) is 41.0 Å². The van der Waals surface area contributed by atoms with E-state index in [1.54, 1.807) is 13.2 Å². The van der Waals surface area contributed by atoms with Crippen molar-refractivity contribution < 1.29 is 19.1 Å². The molecular weight excluding hydrogens is 402 g/mol. The van der Waals surface area contributed by atoms with E-state index in [4.69, 9.17) is 9.47 Å². The summed E-state index contributed by atoms with van der Waals surface area (Å²) < 4.78 is 10.1. The van der Waals surface area contributed by atoms with Crippen LogP contribution in [0.2, 0.25) is 0 Å². The van der Waals surface area contributed by atoms with Gasteiger partial charge in [0.15, 0.2) is 0 Å². The molecule has 0 saturated heterocycles. The molecule has 0 N–H and O–H groups in total. The first-order chi connectivity index (χ1) is 15.5. The molecule has 0 fully saturated rings. The summed E-state index contributed by atoms with van der Waals surface area (Å²) in [6.07, 6.45) is 2.35. The molecular formula is C27H29NO4. The van der Waals surface area contributed by atoms with E-state index in [2.05, 4.69) is 6.92 Å². The number of hydrogen-bond donors (Lipinski definition) is 0. The molecule has 0 heterocycles. The number of carbonyl (C=O) groups is 2. The van der Waals surface area contributed by atoms with Crippen molar-refractivity contribution >= 4 is 17.6 Å². The summed E-state index contributed by atoms with van der Waals surface area (Å²) >= 11 is 0. The van der Waals surface area contributed by atoms with Crippen molar-refractivity contribution in [3.8, 4) is 16.9 Å². The maximum atomic E-state index is 12.9. The minimum absolute atomic E-state index is 0.104. The molecule has 0 spiro atoms. The summed E-state index contributed by atoms with van der Waals surface area (Å²) in [6, 6.07) is 23.0. The van der Waals surface area contributed by atoms with Gasteiger partial charge in [-0.1, -0.05) is 49.7 Å². The Morgan fingerprint density at radius 2 is 1.59 bits per heavy atom. The van der Waals surface area contributed by atoms with Crippen LogP contribution in [0.4, 0.5) is 5.69 Å². The Morgan fingerprint density at radius 1 is 0.875 bits per heavy atom. The highest BCUT2D eigenvalue weighted by Gasteiger charge is 2.16. The van der Waals surface area contributed by atoms with Crippen LogP contribution in [0, 0.1) is 0 Å². The molecule has 0 radical (unpaired) electrons. The average molecular weight is 432 g/mol. The van der Waals surface area contributed by atoms with E-state index in [-0.39, 0.29) is 11.9 Å². The van der Waals surface area contributed by atoms with Gasteiger partial charge in [-0.25, -0.2) is 4.79 Å². The van der Waals surface area contributed by atoms with Crippen molar-refractivity contribution in [3.63, 3.8) is 0 Å². The quantitative estimate of drug-likeness (QED) is 0.398. The fraction of sp³-hybridized carbons (Fsp3) is 0.259. The fourth-order valence-electron chi connectivity index (χ4n) is 3.48. The molecule has 0 saturated carbocycles. The van der Waals surface area contributed by atoms with Gasteiger partial charge >= 0.3 is 5.97 Å². The molecule has 0 unspecified atom stereocenters. The first-order valence-corrected chi connectivity index (χ1v) is 10.8. The Morgan fingerprint density at radius 3 is 2.22 bits per heavy atom. The lowest BCUT2D eigenvalue weighted by Gasteiger charge is -2.23. The minimum Gasteiger partial charge on any atom is -0.497 e. The maximum absolute atomic E-state index is 12.9. The van der Waals surface area contributed by atoms with E-state index in [9.17, 15) is 9.59 Å². The molecule has 166 valence electrons. The Hall–Kier alpha value is -3.60. The second-order valence-corrected chi connectivity index (χ2v) is 7.55. The third-order valence-electron chi connectivity index (χ3n) is 5.34. The summed E-state index contributed by atoms with van der Waals surface area (Å²) in [5.41, 5.74) is 4.32. The first kappa shape index (κ1) is 23.1. The lowest BCUT2D eigenvalue weighted by atomic mass is 10.0. The number of esters is 1. The SMILES string of the molecule is CCCCC(=O)N(Cc1ccc(-c2cccc(C(=O)OC)c2)cc1)c1ccc(OC)cc1. The van der Waals surface area contributed by atoms with E-state index >= 15 is 0 Å². The van der Waals surface area contributed by atoms with Gasteiger partial charge in [-0.15, -0.1) is 0 Å². The molecule has 1 amide bonds. The van der Waals surface area contributed by atoms with Gasteiger partial charge in [-0.3, -0.25) is 4.79 Å². The zero-order valence-electron chi connectivity index (χ0n) is 18.8. The van der Waals surface area contributed by atoms with Crippen LogP contribution in [-0.4, -0.2) is 26.1 Å². The molecule has 0 aliphatic heterocycles. The number of rotatable bonds is 9. The summed E-state index contributed by atoms with van der Waals surface area (Å²) in [4.78, 5) is 26.6. The summed E-state index contributed by atoms with van der Waals surface area (Å²) in [5.74, 6) is 0.504. The van der Waals surface area contributed by atoms with Gasteiger partial charge in [0.05, 0.1) is 26.3 Å². The van der Waals surface area contributed by atoms with E-state index < -0.39 is 0 Å². The highest BCUT2D eigenvalue weighted by Crippen LogP contribution is 2.25. The normalized spacial score (nSPS) is 10.5. The number of carbonyl (C=O) groups excluding carboxylic acids is 2. The Labute approximate surface area is 189 Å². The largest absolute Gasteiger partial charge is 0.497 e. The molecule has 0 aromatic heterocycles. The molecule has 32 heavy (non-hydrogen) atoms. The fourth-order valence-corrected chi connectivity index (χ4v) is 3.48. The van der Waals surface area contributed by atoms with Crippen molar-refractivity contribution in [2.75, 3.05) is 19.1 Å². The van der Waals surface area contributed by atoms with Gasteiger partial charge < -0.3 is 14.4 Å².